The van der Waals surface area contributed by atoms with Crippen molar-refractivity contribution in [3.05, 3.63) is 57.8 Å². The molecule has 0 saturated carbocycles. The molecule has 2 aromatic rings. The van der Waals surface area contributed by atoms with Gasteiger partial charge < -0.3 is 15.5 Å². The van der Waals surface area contributed by atoms with Crippen LogP contribution in [-0.4, -0.2) is 31.6 Å². The number of hydrogen-bond acceptors (Lipinski definition) is 3. The van der Waals surface area contributed by atoms with Crippen molar-refractivity contribution in [3.8, 4) is 0 Å². The highest BCUT2D eigenvalue weighted by Gasteiger charge is 2.15. The third kappa shape index (κ3) is 4.86. The molecule has 22 heavy (non-hydrogen) atoms. The summed E-state index contributed by atoms with van der Waals surface area (Å²) >= 11 is 1.71. The highest BCUT2D eigenvalue weighted by molar-refractivity contribution is 7.10. The molecule has 2 N–H and O–H groups in total. The second-order valence-corrected chi connectivity index (χ2v) is 6.52. The molecule has 0 bridgehead atoms. The van der Waals surface area contributed by atoms with E-state index in [1.54, 1.807) is 11.3 Å². The van der Waals surface area contributed by atoms with Crippen LogP contribution in [0.3, 0.4) is 0 Å². The molecule has 0 fully saturated rings. The Labute approximate surface area is 136 Å². The lowest BCUT2D eigenvalue weighted by Crippen LogP contribution is -2.40. The molecule has 0 aliphatic carbocycles. The average Bonchev–Trinajstić information content (AvgIpc) is 3.00. The van der Waals surface area contributed by atoms with Crippen molar-refractivity contribution >= 4 is 17.4 Å². The first kappa shape index (κ1) is 16.5. The van der Waals surface area contributed by atoms with Crippen molar-refractivity contribution in [2.75, 3.05) is 20.6 Å². The minimum Gasteiger partial charge on any atom is -0.336 e. The third-order valence-electron chi connectivity index (χ3n) is 3.52. The molecule has 1 unspecified atom stereocenters. The van der Waals surface area contributed by atoms with Crippen LogP contribution in [0.25, 0.3) is 0 Å². The molecule has 4 nitrogen and oxygen atoms in total. The second-order valence-electron chi connectivity index (χ2n) is 5.54. The van der Waals surface area contributed by atoms with Gasteiger partial charge in [0.15, 0.2) is 0 Å². The zero-order valence-electron chi connectivity index (χ0n) is 13.3. The van der Waals surface area contributed by atoms with Crippen LogP contribution in [0.5, 0.6) is 0 Å². The first-order chi connectivity index (χ1) is 10.6. The Hall–Kier alpha value is -1.85. The number of thiophene rings is 1. The van der Waals surface area contributed by atoms with Gasteiger partial charge in [-0.05, 0) is 38.0 Å². The van der Waals surface area contributed by atoms with Crippen LogP contribution in [0.2, 0.25) is 0 Å². The highest BCUT2D eigenvalue weighted by Crippen LogP contribution is 2.22. The summed E-state index contributed by atoms with van der Waals surface area (Å²) in [6.07, 6.45) is 0. The molecule has 1 heterocycles. The zero-order chi connectivity index (χ0) is 15.9. The summed E-state index contributed by atoms with van der Waals surface area (Å²) in [5.74, 6) is 0. The quantitative estimate of drug-likeness (QED) is 0.859. The third-order valence-corrected chi connectivity index (χ3v) is 4.50. The molecule has 0 spiro atoms. The largest absolute Gasteiger partial charge is 0.336 e. The van der Waals surface area contributed by atoms with Gasteiger partial charge in [-0.15, -0.1) is 11.3 Å². The van der Waals surface area contributed by atoms with E-state index in [-0.39, 0.29) is 12.1 Å². The van der Waals surface area contributed by atoms with Crippen molar-refractivity contribution in [1.29, 1.82) is 0 Å². The van der Waals surface area contributed by atoms with E-state index < -0.39 is 0 Å². The lowest BCUT2D eigenvalue weighted by molar-refractivity contribution is 0.233. The van der Waals surface area contributed by atoms with Crippen LogP contribution < -0.4 is 10.6 Å². The summed E-state index contributed by atoms with van der Waals surface area (Å²) in [7, 11) is 4.05. The molecule has 0 aliphatic rings. The maximum atomic E-state index is 11.9. The van der Waals surface area contributed by atoms with E-state index >= 15 is 0 Å². The fourth-order valence-electron chi connectivity index (χ4n) is 2.16. The van der Waals surface area contributed by atoms with Gasteiger partial charge in [0, 0.05) is 18.0 Å². The van der Waals surface area contributed by atoms with Gasteiger partial charge >= 0.3 is 6.03 Å². The lowest BCUT2D eigenvalue weighted by atomic mass is 10.1. The number of carbonyl (C=O) groups excluding carboxylic acids is 1. The molecule has 5 heteroatoms. The Morgan fingerprint density at radius 1 is 1.18 bits per heavy atom. The Morgan fingerprint density at radius 2 is 1.91 bits per heavy atom. The summed E-state index contributed by atoms with van der Waals surface area (Å²) in [5.41, 5.74) is 2.32. The van der Waals surface area contributed by atoms with E-state index in [9.17, 15) is 4.79 Å². The summed E-state index contributed by atoms with van der Waals surface area (Å²) in [6.45, 7) is 3.18. The van der Waals surface area contributed by atoms with E-state index in [1.165, 1.54) is 10.4 Å². The summed E-state index contributed by atoms with van der Waals surface area (Å²) in [5, 5.41) is 7.90. The maximum absolute atomic E-state index is 11.9. The molecule has 0 saturated heterocycles. The van der Waals surface area contributed by atoms with Gasteiger partial charge in [-0.25, -0.2) is 4.79 Å². The Kier molecular flexibility index (Phi) is 5.98. The molecule has 118 valence electrons. The number of aryl methyl sites for hydroxylation is 1. The number of carbonyl (C=O) groups is 1. The summed E-state index contributed by atoms with van der Waals surface area (Å²) < 4.78 is 0. The minimum absolute atomic E-state index is 0.135. The molecule has 1 aromatic heterocycles. The number of hydrogen-bond donors (Lipinski definition) is 2. The van der Waals surface area contributed by atoms with Crippen molar-refractivity contribution < 1.29 is 4.79 Å². The Morgan fingerprint density at radius 3 is 2.50 bits per heavy atom. The highest BCUT2D eigenvalue weighted by atomic mass is 32.1. The minimum atomic E-state index is -0.135. The number of rotatable bonds is 6. The van der Waals surface area contributed by atoms with Gasteiger partial charge in [0.25, 0.3) is 0 Å². The predicted octanol–water partition coefficient (Wildman–Crippen LogP) is 3.16. The smallest absolute Gasteiger partial charge is 0.315 e. The standard InChI is InChI=1S/C17H23N3OS/c1-13-6-8-14(9-7-13)11-18-17(21)19-12-15(20(2)3)16-5-4-10-22-16/h4-10,15H,11-12H2,1-3H3,(H2,18,19,21). The van der Waals surface area contributed by atoms with E-state index in [4.69, 9.17) is 0 Å². The van der Waals surface area contributed by atoms with Gasteiger partial charge in [-0.2, -0.15) is 0 Å². The molecule has 0 radical (unpaired) electrons. The van der Waals surface area contributed by atoms with E-state index in [1.807, 2.05) is 44.4 Å². The number of amides is 2. The average molecular weight is 317 g/mol. The number of nitrogens with one attached hydrogen (secondary N) is 2. The normalized spacial score (nSPS) is 12.2. The van der Waals surface area contributed by atoms with Crippen LogP contribution in [0, 0.1) is 6.92 Å². The van der Waals surface area contributed by atoms with Crippen LogP contribution in [0.15, 0.2) is 41.8 Å². The number of likely N-dealkylation sites (N-methyl/N-ethyl adjacent to an activating group) is 1. The molecule has 1 atom stereocenters. The zero-order valence-corrected chi connectivity index (χ0v) is 14.1. The molecule has 0 aliphatic heterocycles. The van der Waals surface area contributed by atoms with Crippen LogP contribution in [0.4, 0.5) is 4.79 Å². The van der Waals surface area contributed by atoms with E-state index in [0.717, 1.165) is 5.56 Å². The number of benzene rings is 1. The van der Waals surface area contributed by atoms with Gasteiger partial charge in [-0.1, -0.05) is 35.9 Å². The van der Waals surface area contributed by atoms with Crippen LogP contribution >= 0.6 is 11.3 Å². The molecule has 2 rings (SSSR count). The van der Waals surface area contributed by atoms with Crippen LogP contribution in [-0.2, 0) is 6.54 Å². The van der Waals surface area contributed by atoms with Gasteiger partial charge in [0.05, 0.1) is 6.04 Å². The van der Waals surface area contributed by atoms with Crippen molar-refractivity contribution in [3.63, 3.8) is 0 Å². The topological polar surface area (TPSA) is 44.4 Å². The van der Waals surface area contributed by atoms with Gasteiger partial charge in [0.1, 0.15) is 0 Å². The number of urea groups is 1. The van der Waals surface area contributed by atoms with E-state index in [0.29, 0.717) is 13.1 Å². The molecular weight excluding hydrogens is 294 g/mol. The summed E-state index contributed by atoms with van der Waals surface area (Å²) in [6, 6.07) is 12.4. The van der Waals surface area contributed by atoms with Gasteiger partial charge in [0.2, 0.25) is 0 Å². The van der Waals surface area contributed by atoms with E-state index in [2.05, 4.69) is 33.9 Å². The second kappa shape index (κ2) is 7.96. The molecular formula is C17H23N3OS. The first-order valence-electron chi connectivity index (χ1n) is 7.33. The number of nitrogens with zero attached hydrogens (tertiary/aromatic N) is 1. The van der Waals surface area contributed by atoms with Crippen LogP contribution in [0.1, 0.15) is 22.0 Å². The monoisotopic (exact) mass is 317 g/mol. The predicted molar refractivity (Wildman–Crippen MR) is 92.2 cm³/mol. The summed E-state index contributed by atoms with van der Waals surface area (Å²) in [4.78, 5) is 15.3. The van der Waals surface area contributed by atoms with Crippen molar-refractivity contribution in [2.24, 2.45) is 0 Å². The van der Waals surface area contributed by atoms with Crippen molar-refractivity contribution in [2.45, 2.75) is 19.5 Å². The maximum Gasteiger partial charge on any atom is 0.315 e. The Balaban J connectivity index is 1.80. The fraction of sp³-hybridized carbons (Fsp3) is 0.353. The first-order valence-corrected chi connectivity index (χ1v) is 8.21. The van der Waals surface area contributed by atoms with Gasteiger partial charge in [-0.3, -0.25) is 0 Å². The van der Waals surface area contributed by atoms with Crippen molar-refractivity contribution in [1.82, 2.24) is 15.5 Å². The lowest BCUT2D eigenvalue weighted by Gasteiger charge is -2.23. The molecule has 2 amide bonds. The fourth-order valence-corrected chi connectivity index (χ4v) is 3.08. The molecule has 1 aromatic carbocycles. The Bertz CT molecular complexity index is 578. The SMILES string of the molecule is Cc1ccc(CNC(=O)NCC(c2cccs2)N(C)C)cc1.